The van der Waals surface area contributed by atoms with E-state index in [1.165, 1.54) is 38.4 Å². The maximum atomic E-state index is 12.9. The predicted molar refractivity (Wildman–Crippen MR) is 77.1 cm³/mol. The van der Waals surface area contributed by atoms with Crippen LogP contribution in [-0.4, -0.2) is 40.8 Å². The molecule has 24 heavy (non-hydrogen) atoms. The zero-order valence-corrected chi connectivity index (χ0v) is 13.0. The van der Waals surface area contributed by atoms with E-state index in [0.717, 1.165) is 15.8 Å². The molecule has 1 aromatic carbocycles. The molecule has 130 valence electrons. The Morgan fingerprint density at radius 1 is 1.29 bits per heavy atom. The van der Waals surface area contributed by atoms with Crippen LogP contribution in [0.15, 0.2) is 30.5 Å². The standard InChI is InChI=1S/C15H15F4N3O2/c1-21(7-8-24-11-5-3-10(16)4-6-11)14(23)12-9-22(2)20-13(12)15(17,18)19/h3-6,9H,7-8H2,1-2H3. The van der Waals surface area contributed by atoms with Crippen molar-refractivity contribution in [2.24, 2.45) is 7.05 Å². The zero-order valence-electron chi connectivity index (χ0n) is 13.0. The summed E-state index contributed by atoms with van der Waals surface area (Å²) in [6, 6.07) is 5.27. The van der Waals surface area contributed by atoms with Gasteiger partial charge >= 0.3 is 6.18 Å². The van der Waals surface area contributed by atoms with Crippen molar-refractivity contribution >= 4 is 5.91 Å². The van der Waals surface area contributed by atoms with Crippen molar-refractivity contribution in [2.45, 2.75) is 6.18 Å². The normalized spacial score (nSPS) is 11.4. The van der Waals surface area contributed by atoms with Crippen LogP contribution < -0.4 is 4.74 Å². The van der Waals surface area contributed by atoms with Gasteiger partial charge in [0.2, 0.25) is 0 Å². The van der Waals surface area contributed by atoms with Gasteiger partial charge in [0, 0.05) is 20.3 Å². The van der Waals surface area contributed by atoms with Gasteiger partial charge in [-0.05, 0) is 24.3 Å². The summed E-state index contributed by atoms with van der Waals surface area (Å²) >= 11 is 0. The van der Waals surface area contributed by atoms with Crippen LogP contribution in [-0.2, 0) is 13.2 Å². The molecular formula is C15H15F4N3O2. The first-order chi connectivity index (χ1) is 11.2. The number of aryl methyl sites for hydroxylation is 1. The maximum Gasteiger partial charge on any atom is 0.435 e. The Balaban J connectivity index is 1.98. The van der Waals surface area contributed by atoms with Crippen LogP contribution in [0, 0.1) is 5.82 Å². The molecule has 0 aliphatic heterocycles. The smallest absolute Gasteiger partial charge is 0.435 e. The van der Waals surface area contributed by atoms with Gasteiger partial charge in [-0.3, -0.25) is 9.48 Å². The lowest BCUT2D eigenvalue weighted by Gasteiger charge is -2.17. The third-order valence-corrected chi connectivity index (χ3v) is 3.18. The van der Waals surface area contributed by atoms with Crippen molar-refractivity contribution in [2.75, 3.05) is 20.2 Å². The van der Waals surface area contributed by atoms with Gasteiger partial charge in [0.25, 0.3) is 5.91 Å². The van der Waals surface area contributed by atoms with E-state index in [2.05, 4.69) is 5.10 Å². The van der Waals surface area contributed by atoms with Crippen molar-refractivity contribution in [3.8, 4) is 5.75 Å². The van der Waals surface area contributed by atoms with Crippen molar-refractivity contribution in [3.05, 3.63) is 47.5 Å². The lowest BCUT2D eigenvalue weighted by atomic mass is 10.2. The Bertz CT molecular complexity index is 710. The number of alkyl halides is 3. The third-order valence-electron chi connectivity index (χ3n) is 3.18. The average molecular weight is 345 g/mol. The van der Waals surface area contributed by atoms with E-state index in [1.54, 1.807) is 0 Å². The zero-order chi connectivity index (χ0) is 17.9. The second-order valence-electron chi connectivity index (χ2n) is 5.09. The lowest BCUT2D eigenvalue weighted by Crippen LogP contribution is -2.32. The molecule has 0 radical (unpaired) electrons. The molecule has 0 bridgehead atoms. The van der Waals surface area contributed by atoms with Crippen LogP contribution >= 0.6 is 0 Å². The minimum Gasteiger partial charge on any atom is -0.492 e. The first-order valence-corrected chi connectivity index (χ1v) is 6.93. The number of carbonyl (C=O) groups is 1. The first kappa shape index (κ1) is 17.8. The van der Waals surface area contributed by atoms with Crippen molar-refractivity contribution in [3.63, 3.8) is 0 Å². The molecule has 0 spiro atoms. The number of aromatic nitrogens is 2. The molecule has 1 amide bonds. The Hall–Kier alpha value is -2.58. The number of likely N-dealkylation sites (N-methyl/N-ethyl adjacent to an activating group) is 1. The Kier molecular flexibility index (Phi) is 5.10. The summed E-state index contributed by atoms with van der Waals surface area (Å²) < 4.78 is 57.7. The summed E-state index contributed by atoms with van der Waals surface area (Å²) in [4.78, 5) is 13.3. The topological polar surface area (TPSA) is 47.4 Å². The van der Waals surface area contributed by atoms with Crippen LogP contribution in [0.3, 0.4) is 0 Å². The fraction of sp³-hybridized carbons (Fsp3) is 0.333. The largest absolute Gasteiger partial charge is 0.492 e. The minimum atomic E-state index is -4.71. The average Bonchev–Trinajstić information content (AvgIpc) is 2.90. The van der Waals surface area contributed by atoms with E-state index in [9.17, 15) is 22.4 Å². The Morgan fingerprint density at radius 2 is 1.92 bits per heavy atom. The first-order valence-electron chi connectivity index (χ1n) is 6.93. The highest BCUT2D eigenvalue weighted by molar-refractivity contribution is 5.95. The van der Waals surface area contributed by atoms with E-state index in [0.29, 0.717) is 5.75 Å². The van der Waals surface area contributed by atoms with E-state index < -0.39 is 29.2 Å². The summed E-state index contributed by atoms with van der Waals surface area (Å²) in [6.07, 6.45) is -3.68. The Labute approximate surface area is 135 Å². The number of nitrogens with zero attached hydrogens (tertiary/aromatic N) is 3. The van der Waals surface area contributed by atoms with E-state index in [1.807, 2.05) is 0 Å². The molecule has 0 fully saturated rings. The highest BCUT2D eigenvalue weighted by atomic mass is 19.4. The lowest BCUT2D eigenvalue weighted by molar-refractivity contribution is -0.141. The summed E-state index contributed by atoms with van der Waals surface area (Å²) in [5, 5.41) is 3.30. The second-order valence-corrected chi connectivity index (χ2v) is 5.09. The number of benzene rings is 1. The molecule has 0 saturated heterocycles. The maximum absolute atomic E-state index is 12.9. The van der Waals surface area contributed by atoms with Gasteiger partial charge in [0.05, 0.1) is 12.1 Å². The predicted octanol–water partition coefficient (Wildman–Crippen LogP) is 2.73. The number of hydrogen-bond donors (Lipinski definition) is 0. The molecule has 0 saturated carbocycles. The second kappa shape index (κ2) is 6.90. The van der Waals surface area contributed by atoms with Gasteiger partial charge in [-0.2, -0.15) is 18.3 Å². The monoisotopic (exact) mass is 345 g/mol. The fourth-order valence-electron chi connectivity index (χ4n) is 1.99. The molecule has 0 aliphatic carbocycles. The van der Waals surface area contributed by atoms with Crippen LogP contribution in [0.1, 0.15) is 16.1 Å². The van der Waals surface area contributed by atoms with E-state index in [4.69, 9.17) is 4.74 Å². The molecule has 1 heterocycles. The molecule has 2 rings (SSSR count). The summed E-state index contributed by atoms with van der Waals surface area (Å²) in [5.41, 5.74) is -1.74. The number of hydrogen-bond acceptors (Lipinski definition) is 3. The van der Waals surface area contributed by atoms with Gasteiger partial charge in [0.1, 0.15) is 18.2 Å². The highest BCUT2D eigenvalue weighted by Crippen LogP contribution is 2.31. The van der Waals surface area contributed by atoms with Crippen molar-refractivity contribution in [1.29, 1.82) is 0 Å². The number of amides is 1. The molecule has 9 heteroatoms. The van der Waals surface area contributed by atoms with Gasteiger partial charge in [-0.15, -0.1) is 0 Å². The molecule has 0 N–H and O–H groups in total. The summed E-state index contributed by atoms with van der Waals surface area (Å²) in [5.74, 6) is -0.821. The number of carbonyl (C=O) groups excluding carboxylic acids is 1. The molecule has 0 unspecified atom stereocenters. The number of ether oxygens (including phenoxy) is 1. The molecule has 1 aromatic heterocycles. The summed E-state index contributed by atoms with van der Waals surface area (Å²) in [6.45, 7) is 0.109. The van der Waals surface area contributed by atoms with Gasteiger partial charge in [-0.25, -0.2) is 4.39 Å². The fourth-order valence-corrected chi connectivity index (χ4v) is 1.99. The van der Waals surface area contributed by atoms with Gasteiger partial charge in [-0.1, -0.05) is 0 Å². The number of rotatable bonds is 5. The quantitative estimate of drug-likeness (QED) is 0.783. The number of halogens is 4. The van der Waals surface area contributed by atoms with Crippen molar-refractivity contribution < 1.29 is 27.1 Å². The van der Waals surface area contributed by atoms with Crippen LogP contribution in [0.2, 0.25) is 0 Å². The van der Waals surface area contributed by atoms with Crippen LogP contribution in [0.4, 0.5) is 17.6 Å². The SMILES string of the molecule is CN(CCOc1ccc(F)cc1)C(=O)c1cn(C)nc1C(F)(F)F. The van der Waals surface area contributed by atoms with Crippen LogP contribution in [0.25, 0.3) is 0 Å². The van der Waals surface area contributed by atoms with E-state index in [-0.39, 0.29) is 13.2 Å². The highest BCUT2D eigenvalue weighted by Gasteiger charge is 2.39. The molecular weight excluding hydrogens is 330 g/mol. The minimum absolute atomic E-state index is 0.0511. The Morgan fingerprint density at radius 3 is 2.50 bits per heavy atom. The van der Waals surface area contributed by atoms with E-state index >= 15 is 0 Å². The summed E-state index contributed by atoms with van der Waals surface area (Å²) in [7, 11) is 2.67. The van der Waals surface area contributed by atoms with Crippen molar-refractivity contribution in [1.82, 2.24) is 14.7 Å². The molecule has 0 aliphatic rings. The molecule has 2 aromatic rings. The third kappa shape index (κ3) is 4.24. The van der Waals surface area contributed by atoms with Gasteiger partial charge in [0.15, 0.2) is 5.69 Å². The molecule has 0 atom stereocenters. The van der Waals surface area contributed by atoms with Gasteiger partial charge < -0.3 is 9.64 Å². The van der Waals surface area contributed by atoms with Crippen LogP contribution in [0.5, 0.6) is 5.75 Å². The molecule has 5 nitrogen and oxygen atoms in total.